The van der Waals surface area contributed by atoms with Crippen LogP contribution in [0.4, 0.5) is 0 Å². The number of amidine groups is 1. The number of aliphatic imine (C=N–C) groups is 1. The van der Waals surface area contributed by atoms with Gasteiger partial charge in [0.1, 0.15) is 18.2 Å². The van der Waals surface area contributed by atoms with Gasteiger partial charge in [-0.15, -0.1) is 22.7 Å². The molecule has 4 nitrogen and oxygen atoms in total. The summed E-state index contributed by atoms with van der Waals surface area (Å²) in [6.07, 6.45) is -0.247. The molecule has 2 atom stereocenters. The van der Waals surface area contributed by atoms with Gasteiger partial charge < -0.3 is 9.88 Å². The van der Waals surface area contributed by atoms with Crippen LogP contribution in [0.2, 0.25) is 0 Å². The molecular formula is C51H34N4S2. The number of rotatable bonds is 5. The molecule has 270 valence electrons. The van der Waals surface area contributed by atoms with E-state index >= 15 is 0 Å². The van der Waals surface area contributed by atoms with Crippen LogP contribution in [-0.2, 0) is 0 Å². The number of nitrogens with zero attached hydrogens (tertiary/aromatic N) is 2. The molecule has 0 aliphatic carbocycles. The second-order valence-corrected chi connectivity index (χ2v) is 16.9. The van der Waals surface area contributed by atoms with Gasteiger partial charge in [0.05, 0.1) is 21.4 Å². The van der Waals surface area contributed by atoms with Gasteiger partial charge in [0.25, 0.3) is 0 Å². The van der Waals surface area contributed by atoms with Crippen LogP contribution in [0.3, 0.4) is 0 Å². The van der Waals surface area contributed by atoms with Crippen molar-refractivity contribution in [3.8, 4) is 16.8 Å². The van der Waals surface area contributed by atoms with E-state index in [0.29, 0.717) is 0 Å². The van der Waals surface area contributed by atoms with Gasteiger partial charge in [0.2, 0.25) is 0 Å². The van der Waals surface area contributed by atoms with Crippen molar-refractivity contribution in [2.24, 2.45) is 4.99 Å². The first kappa shape index (κ1) is 32.7. The fourth-order valence-corrected chi connectivity index (χ4v) is 11.3. The average molecular weight is 767 g/mol. The third kappa shape index (κ3) is 5.26. The van der Waals surface area contributed by atoms with E-state index in [4.69, 9.17) is 4.99 Å². The van der Waals surface area contributed by atoms with Crippen LogP contribution >= 0.6 is 22.7 Å². The van der Waals surface area contributed by atoms with Crippen molar-refractivity contribution in [2.45, 2.75) is 12.3 Å². The standard InChI is InChI=1S/C51H34N4S2/c1-3-13-31(14-4-1)49-52-50(32-15-5-2-6-16-32)54-51(53-49)34-26-28-45-41(29-34)40-20-11-19-35(47(40)56-45)33-25-27-38-39-21-12-24-44(48(39)57-46(38)30-33)55-42-22-9-7-17-36(42)37-18-8-10-23-43(37)55/h1-30,49-50,52H,(H,53,54). The Kier molecular flexibility index (Phi) is 7.45. The molecule has 1 aliphatic rings. The Morgan fingerprint density at radius 1 is 0.456 bits per heavy atom. The van der Waals surface area contributed by atoms with Gasteiger partial charge in [-0.05, 0) is 64.7 Å². The molecule has 57 heavy (non-hydrogen) atoms. The molecule has 1 aliphatic heterocycles. The topological polar surface area (TPSA) is 41.4 Å². The minimum atomic E-state index is -0.170. The number of benzene rings is 8. The summed E-state index contributed by atoms with van der Waals surface area (Å²) in [6.45, 7) is 0. The second kappa shape index (κ2) is 13.0. The molecule has 4 heterocycles. The first-order chi connectivity index (χ1) is 28.2. The van der Waals surface area contributed by atoms with E-state index in [1.165, 1.54) is 84.5 Å². The average Bonchev–Trinajstić information content (AvgIpc) is 3.96. The fourth-order valence-electron chi connectivity index (χ4n) is 8.81. The Hall–Kier alpha value is -6.57. The number of nitrogens with one attached hydrogen (secondary N) is 2. The van der Waals surface area contributed by atoms with Crippen LogP contribution in [0.25, 0.3) is 79.0 Å². The van der Waals surface area contributed by atoms with Crippen LogP contribution in [0.15, 0.2) is 187 Å². The lowest BCUT2D eigenvalue weighted by atomic mass is 10.0. The quantitative estimate of drug-likeness (QED) is 0.183. The summed E-state index contributed by atoms with van der Waals surface area (Å²) < 4.78 is 7.63. The number of hydrogen-bond donors (Lipinski definition) is 2. The Morgan fingerprint density at radius 3 is 1.86 bits per heavy atom. The molecule has 12 rings (SSSR count). The molecule has 2 unspecified atom stereocenters. The predicted molar refractivity (Wildman–Crippen MR) is 243 cm³/mol. The second-order valence-electron chi connectivity index (χ2n) is 14.8. The largest absolute Gasteiger partial charge is 0.350 e. The number of para-hydroxylation sites is 2. The highest BCUT2D eigenvalue weighted by Gasteiger charge is 2.26. The highest BCUT2D eigenvalue weighted by Crippen LogP contribution is 2.45. The zero-order valence-electron chi connectivity index (χ0n) is 30.7. The van der Waals surface area contributed by atoms with E-state index in [2.05, 4.69) is 197 Å². The van der Waals surface area contributed by atoms with Crippen molar-refractivity contribution >= 4 is 90.7 Å². The van der Waals surface area contributed by atoms with Crippen molar-refractivity contribution in [3.05, 3.63) is 199 Å². The Morgan fingerprint density at radius 2 is 1.09 bits per heavy atom. The van der Waals surface area contributed by atoms with E-state index in [0.717, 1.165) is 17.0 Å². The zero-order valence-corrected chi connectivity index (χ0v) is 32.3. The van der Waals surface area contributed by atoms with Crippen molar-refractivity contribution in [2.75, 3.05) is 0 Å². The smallest absolute Gasteiger partial charge is 0.131 e. The van der Waals surface area contributed by atoms with Crippen molar-refractivity contribution in [1.29, 1.82) is 0 Å². The van der Waals surface area contributed by atoms with Gasteiger partial charge in [0, 0.05) is 52.0 Å². The monoisotopic (exact) mass is 766 g/mol. The van der Waals surface area contributed by atoms with Crippen LogP contribution in [0.1, 0.15) is 29.0 Å². The third-order valence-electron chi connectivity index (χ3n) is 11.5. The molecule has 3 aromatic heterocycles. The van der Waals surface area contributed by atoms with Gasteiger partial charge in [-0.1, -0.05) is 140 Å². The molecule has 6 heteroatoms. The lowest BCUT2D eigenvalue weighted by Gasteiger charge is -2.32. The lowest BCUT2D eigenvalue weighted by Crippen LogP contribution is -2.44. The molecule has 0 radical (unpaired) electrons. The van der Waals surface area contributed by atoms with Gasteiger partial charge >= 0.3 is 0 Å². The Balaban J connectivity index is 0.961. The van der Waals surface area contributed by atoms with Crippen LogP contribution in [0.5, 0.6) is 0 Å². The van der Waals surface area contributed by atoms with Crippen molar-refractivity contribution < 1.29 is 0 Å². The predicted octanol–water partition coefficient (Wildman–Crippen LogP) is 13.5. The van der Waals surface area contributed by atoms with E-state index in [1.807, 2.05) is 22.7 Å². The third-order valence-corrected chi connectivity index (χ3v) is 13.9. The normalized spacial score (nSPS) is 15.9. The number of fused-ring (bicyclic) bond motifs is 9. The zero-order chi connectivity index (χ0) is 37.5. The lowest BCUT2D eigenvalue weighted by molar-refractivity contribution is 0.409. The molecule has 0 saturated heterocycles. The summed E-state index contributed by atoms with van der Waals surface area (Å²) in [7, 11) is 0. The SMILES string of the molecule is c1ccc(C2N=C(c3ccc4sc5c(-c6ccc7c(c6)sc6c(-n8c9ccccc9c9ccccc98)cccc67)cccc5c4c3)NC(c3ccccc3)N2)cc1. The summed E-state index contributed by atoms with van der Waals surface area (Å²) in [6, 6.07) is 66.0. The van der Waals surface area contributed by atoms with Gasteiger partial charge in [-0.25, -0.2) is 4.99 Å². The van der Waals surface area contributed by atoms with E-state index < -0.39 is 0 Å². The van der Waals surface area contributed by atoms with Crippen LogP contribution in [0, 0.1) is 0 Å². The molecule has 0 bridgehead atoms. The number of hydrogen-bond acceptors (Lipinski definition) is 5. The van der Waals surface area contributed by atoms with Crippen LogP contribution in [-0.4, -0.2) is 10.4 Å². The highest BCUT2D eigenvalue weighted by atomic mass is 32.1. The number of thiophene rings is 2. The maximum Gasteiger partial charge on any atom is 0.131 e. The first-order valence-electron chi connectivity index (χ1n) is 19.4. The van der Waals surface area contributed by atoms with Crippen LogP contribution < -0.4 is 10.6 Å². The maximum absolute atomic E-state index is 5.23. The summed E-state index contributed by atoms with van der Waals surface area (Å²) in [5.74, 6) is 0.893. The fraction of sp³-hybridized carbons (Fsp3) is 0.0392. The molecule has 11 aromatic rings. The minimum absolute atomic E-state index is 0.0766. The Labute approximate surface area is 337 Å². The summed E-state index contributed by atoms with van der Waals surface area (Å²) in [5.41, 5.74) is 9.61. The molecule has 0 spiro atoms. The maximum atomic E-state index is 5.23. The first-order valence-corrected chi connectivity index (χ1v) is 21.0. The van der Waals surface area contributed by atoms with E-state index in [9.17, 15) is 0 Å². The highest BCUT2D eigenvalue weighted by molar-refractivity contribution is 7.27. The molecule has 0 amide bonds. The molecule has 0 fully saturated rings. The molecule has 2 N–H and O–H groups in total. The minimum Gasteiger partial charge on any atom is -0.350 e. The van der Waals surface area contributed by atoms with E-state index in [-0.39, 0.29) is 12.3 Å². The van der Waals surface area contributed by atoms with Gasteiger partial charge in [-0.2, -0.15) is 0 Å². The molecule has 0 saturated carbocycles. The summed E-state index contributed by atoms with van der Waals surface area (Å²) in [4.78, 5) is 5.23. The molecule has 8 aromatic carbocycles. The van der Waals surface area contributed by atoms with E-state index in [1.54, 1.807) is 0 Å². The molecular weight excluding hydrogens is 733 g/mol. The summed E-state index contributed by atoms with van der Waals surface area (Å²) in [5, 5.41) is 15.1. The summed E-state index contributed by atoms with van der Waals surface area (Å²) >= 11 is 3.77. The van der Waals surface area contributed by atoms with Gasteiger partial charge in [0.15, 0.2) is 0 Å². The van der Waals surface area contributed by atoms with Crippen molar-refractivity contribution in [1.82, 2.24) is 15.2 Å². The van der Waals surface area contributed by atoms with Gasteiger partial charge in [-0.3, -0.25) is 5.32 Å². The van der Waals surface area contributed by atoms with Crippen molar-refractivity contribution in [3.63, 3.8) is 0 Å². The number of aromatic nitrogens is 1. The Bertz CT molecular complexity index is 3320.